The smallest absolute Gasteiger partial charge is 0.376 e. The minimum Gasteiger partial charge on any atom is -0.496 e. The van der Waals surface area contributed by atoms with E-state index in [0.29, 0.717) is 18.6 Å². The Bertz CT molecular complexity index is 1020. The molecule has 0 aliphatic rings. The van der Waals surface area contributed by atoms with E-state index in [0.717, 1.165) is 11.3 Å². The van der Waals surface area contributed by atoms with Gasteiger partial charge in [-0.25, -0.2) is 4.98 Å². The number of likely N-dealkylation sites (N-methyl/N-ethyl adjacent to an activating group) is 1. The zero-order valence-corrected chi connectivity index (χ0v) is 14.5. The van der Waals surface area contributed by atoms with Crippen molar-refractivity contribution < 1.29 is 9.66 Å². The van der Waals surface area contributed by atoms with Gasteiger partial charge in [0, 0.05) is 19.8 Å². The standard InChI is InChI=1S/C18H18N4O4/c1-20(12-10-13-7-3-4-8-14(13)26-2)17-16(22(24)25)18(23)21-11-6-5-9-15(21)19-17/h3-9,11H,10,12H2,1-2H3. The summed E-state index contributed by atoms with van der Waals surface area (Å²) in [5.41, 5.74) is 0.111. The van der Waals surface area contributed by atoms with Crippen LogP contribution < -0.4 is 15.2 Å². The summed E-state index contributed by atoms with van der Waals surface area (Å²) in [5, 5.41) is 11.5. The average molecular weight is 354 g/mol. The molecule has 1 aromatic carbocycles. The molecule has 26 heavy (non-hydrogen) atoms. The Labute approximate surface area is 149 Å². The van der Waals surface area contributed by atoms with Crippen LogP contribution in [-0.4, -0.2) is 35.0 Å². The highest BCUT2D eigenvalue weighted by atomic mass is 16.6. The molecule has 0 atom stereocenters. The van der Waals surface area contributed by atoms with Crippen LogP contribution in [0.4, 0.5) is 11.5 Å². The predicted molar refractivity (Wildman–Crippen MR) is 98.1 cm³/mol. The Balaban J connectivity index is 1.97. The average Bonchev–Trinajstić information content (AvgIpc) is 2.65. The van der Waals surface area contributed by atoms with Crippen molar-refractivity contribution in [1.82, 2.24) is 9.38 Å². The van der Waals surface area contributed by atoms with Crippen LogP contribution in [0, 0.1) is 10.1 Å². The minimum absolute atomic E-state index is 0.0566. The number of methoxy groups -OCH3 is 1. The third-order valence-electron chi connectivity index (χ3n) is 4.15. The fourth-order valence-electron chi connectivity index (χ4n) is 2.80. The fraction of sp³-hybridized carbons (Fsp3) is 0.222. The molecule has 3 rings (SSSR count). The van der Waals surface area contributed by atoms with Crippen molar-refractivity contribution >= 4 is 17.2 Å². The number of anilines is 1. The number of rotatable bonds is 6. The first-order valence-electron chi connectivity index (χ1n) is 8.01. The van der Waals surface area contributed by atoms with Crippen molar-refractivity contribution in [2.75, 3.05) is 25.6 Å². The van der Waals surface area contributed by atoms with E-state index in [2.05, 4.69) is 4.98 Å². The number of aromatic nitrogens is 2. The molecule has 0 amide bonds. The normalized spacial score (nSPS) is 10.7. The molecule has 8 heteroatoms. The number of ether oxygens (including phenoxy) is 1. The van der Waals surface area contributed by atoms with Crippen LogP contribution in [0.2, 0.25) is 0 Å². The van der Waals surface area contributed by atoms with Crippen LogP contribution in [0.15, 0.2) is 53.5 Å². The highest BCUT2D eigenvalue weighted by molar-refractivity contribution is 5.61. The van der Waals surface area contributed by atoms with Gasteiger partial charge >= 0.3 is 11.2 Å². The molecule has 0 N–H and O–H groups in total. The van der Waals surface area contributed by atoms with Crippen LogP contribution in [0.5, 0.6) is 5.75 Å². The Kier molecular flexibility index (Phi) is 4.83. The Hall–Kier alpha value is -3.42. The molecule has 8 nitrogen and oxygen atoms in total. The summed E-state index contributed by atoms with van der Waals surface area (Å²) in [6.45, 7) is 0.441. The predicted octanol–water partition coefficient (Wildman–Crippen LogP) is 2.29. The van der Waals surface area contributed by atoms with Crippen molar-refractivity contribution in [2.24, 2.45) is 0 Å². The van der Waals surface area contributed by atoms with Gasteiger partial charge in [-0.15, -0.1) is 0 Å². The Morgan fingerprint density at radius 2 is 1.96 bits per heavy atom. The first-order valence-corrected chi connectivity index (χ1v) is 8.01. The summed E-state index contributed by atoms with van der Waals surface area (Å²) in [7, 11) is 3.28. The van der Waals surface area contributed by atoms with Gasteiger partial charge in [-0.1, -0.05) is 24.3 Å². The highest BCUT2D eigenvalue weighted by Gasteiger charge is 2.26. The van der Waals surface area contributed by atoms with Gasteiger partial charge < -0.3 is 9.64 Å². The van der Waals surface area contributed by atoms with E-state index in [-0.39, 0.29) is 5.82 Å². The third-order valence-corrected chi connectivity index (χ3v) is 4.15. The topological polar surface area (TPSA) is 90.0 Å². The first-order chi connectivity index (χ1) is 12.5. The lowest BCUT2D eigenvalue weighted by atomic mass is 10.1. The number of hydrogen-bond acceptors (Lipinski definition) is 6. The number of hydrogen-bond donors (Lipinski definition) is 0. The molecule has 134 valence electrons. The summed E-state index contributed by atoms with van der Waals surface area (Å²) in [5.74, 6) is 0.808. The van der Waals surface area contributed by atoms with E-state index < -0.39 is 16.2 Å². The molecule has 0 unspecified atom stereocenters. The number of fused-ring (bicyclic) bond motifs is 1. The number of para-hydroxylation sites is 1. The number of nitrogens with zero attached hydrogens (tertiary/aromatic N) is 4. The monoisotopic (exact) mass is 354 g/mol. The van der Waals surface area contributed by atoms with Crippen LogP contribution in [0.3, 0.4) is 0 Å². The van der Waals surface area contributed by atoms with Crippen molar-refractivity contribution in [2.45, 2.75) is 6.42 Å². The van der Waals surface area contributed by atoms with Crippen LogP contribution in [0.25, 0.3) is 5.65 Å². The molecular formula is C18H18N4O4. The van der Waals surface area contributed by atoms with Crippen molar-refractivity contribution in [1.29, 1.82) is 0 Å². The molecule has 0 aliphatic heterocycles. The van der Waals surface area contributed by atoms with Gasteiger partial charge in [-0.2, -0.15) is 0 Å². The molecule has 2 aromatic heterocycles. The zero-order valence-electron chi connectivity index (χ0n) is 14.5. The van der Waals surface area contributed by atoms with E-state index in [1.54, 1.807) is 37.3 Å². The van der Waals surface area contributed by atoms with Crippen molar-refractivity contribution in [3.63, 3.8) is 0 Å². The molecular weight excluding hydrogens is 336 g/mol. The lowest BCUT2D eigenvalue weighted by molar-refractivity contribution is -0.385. The first kappa shape index (κ1) is 17.4. The van der Waals surface area contributed by atoms with Gasteiger partial charge in [0.1, 0.15) is 11.4 Å². The molecule has 2 heterocycles. The van der Waals surface area contributed by atoms with E-state index in [1.165, 1.54) is 10.6 Å². The largest absolute Gasteiger partial charge is 0.496 e. The van der Waals surface area contributed by atoms with E-state index in [9.17, 15) is 14.9 Å². The molecule has 0 aliphatic carbocycles. The quantitative estimate of drug-likeness (QED) is 0.498. The van der Waals surface area contributed by atoms with Gasteiger partial charge in [0.05, 0.1) is 12.0 Å². The molecule has 0 bridgehead atoms. The fourth-order valence-corrected chi connectivity index (χ4v) is 2.80. The summed E-state index contributed by atoms with van der Waals surface area (Å²) in [6, 6.07) is 12.6. The van der Waals surface area contributed by atoms with Gasteiger partial charge in [-0.3, -0.25) is 19.3 Å². The summed E-state index contributed by atoms with van der Waals surface area (Å²) >= 11 is 0. The number of pyridine rings is 1. The molecule has 0 saturated carbocycles. The van der Waals surface area contributed by atoms with Gasteiger partial charge in [0.15, 0.2) is 0 Å². The molecule has 0 radical (unpaired) electrons. The Morgan fingerprint density at radius 1 is 1.23 bits per heavy atom. The summed E-state index contributed by atoms with van der Waals surface area (Å²) in [4.78, 5) is 29.3. The highest BCUT2D eigenvalue weighted by Crippen LogP contribution is 2.23. The second-order valence-corrected chi connectivity index (χ2v) is 5.76. The number of nitro groups is 1. The molecule has 0 fully saturated rings. The maximum atomic E-state index is 12.5. The molecule has 0 saturated heterocycles. The summed E-state index contributed by atoms with van der Waals surface area (Å²) in [6.07, 6.45) is 2.06. The van der Waals surface area contributed by atoms with Gasteiger partial charge in [0.25, 0.3) is 0 Å². The van der Waals surface area contributed by atoms with E-state index in [4.69, 9.17) is 4.74 Å². The summed E-state index contributed by atoms with van der Waals surface area (Å²) < 4.78 is 6.50. The van der Waals surface area contributed by atoms with Crippen molar-refractivity contribution in [3.8, 4) is 5.75 Å². The van der Waals surface area contributed by atoms with Crippen LogP contribution in [0.1, 0.15) is 5.56 Å². The Morgan fingerprint density at radius 3 is 2.69 bits per heavy atom. The SMILES string of the molecule is COc1ccccc1CCN(C)c1nc2ccccn2c(=O)c1[N+](=O)[O-]. The van der Waals surface area contributed by atoms with E-state index in [1.807, 2.05) is 24.3 Å². The van der Waals surface area contributed by atoms with Crippen molar-refractivity contribution in [3.05, 3.63) is 74.7 Å². The number of benzene rings is 1. The van der Waals surface area contributed by atoms with Gasteiger partial charge in [0.2, 0.25) is 5.82 Å². The second kappa shape index (κ2) is 7.22. The minimum atomic E-state index is -0.695. The maximum Gasteiger partial charge on any atom is 0.376 e. The second-order valence-electron chi connectivity index (χ2n) is 5.76. The third kappa shape index (κ3) is 3.21. The van der Waals surface area contributed by atoms with Crippen LogP contribution in [-0.2, 0) is 6.42 Å². The zero-order chi connectivity index (χ0) is 18.7. The van der Waals surface area contributed by atoms with Gasteiger partial charge in [-0.05, 0) is 30.2 Å². The van der Waals surface area contributed by atoms with E-state index >= 15 is 0 Å². The lowest BCUT2D eigenvalue weighted by Gasteiger charge is -2.19. The molecule has 0 spiro atoms. The maximum absolute atomic E-state index is 12.5. The molecule has 3 aromatic rings. The lowest BCUT2D eigenvalue weighted by Crippen LogP contribution is -2.28. The van der Waals surface area contributed by atoms with Crippen LogP contribution >= 0.6 is 0 Å².